The van der Waals surface area contributed by atoms with E-state index >= 15 is 0 Å². The molecule has 0 radical (unpaired) electrons. The minimum Gasteiger partial charge on any atom is -0.489 e. The zero-order valence-corrected chi connectivity index (χ0v) is 13.3. The average molecular weight is 302 g/mol. The fourth-order valence-electron chi connectivity index (χ4n) is 2.05. The second kappa shape index (κ2) is 7.64. The molecule has 5 nitrogen and oxygen atoms in total. The van der Waals surface area contributed by atoms with Gasteiger partial charge in [-0.15, -0.1) is 0 Å². The summed E-state index contributed by atoms with van der Waals surface area (Å²) in [5.74, 6) is 1.43. The number of hydrogen-bond donors (Lipinski definition) is 1. The number of rotatable bonds is 7. The van der Waals surface area contributed by atoms with Crippen LogP contribution in [0.3, 0.4) is 0 Å². The van der Waals surface area contributed by atoms with Crippen molar-refractivity contribution >= 4 is 5.91 Å². The Hall–Kier alpha value is -2.30. The summed E-state index contributed by atoms with van der Waals surface area (Å²) in [5.41, 5.74) is 2.44. The molecule has 22 heavy (non-hydrogen) atoms. The van der Waals surface area contributed by atoms with Crippen molar-refractivity contribution in [1.82, 2.24) is 10.5 Å². The van der Waals surface area contributed by atoms with Gasteiger partial charge in [-0.2, -0.15) is 0 Å². The second-order valence-electron chi connectivity index (χ2n) is 5.23. The van der Waals surface area contributed by atoms with E-state index < -0.39 is 0 Å². The molecular weight excluding hydrogens is 280 g/mol. The lowest BCUT2D eigenvalue weighted by Gasteiger charge is -2.07. The van der Waals surface area contributed by atoms with Gasteiger partial charge in [0.25, 0.3) is 5.91 Å². The number of carbonyl (C=O) groups excluding carboxylic acids is 1. The summed E-state index contributed by atoms with van der Waals surface area (Å²) in [5, 5.41) is 6.78. The highest BCUT2D eigenvalue weighted by molar-refractivity contribution is 5.94. The SMILES string of the molecule is CCCCNC(=O)c1ccc(OCc2c(C)noc2C)cc1. The van der Waals surface area contributed by atoms with Crippen LogP contribution in [0.15, 0.2) is 28.8 Å². The largest absolute Gasteiger partial charge is 0.489 e. The third-order valence-corrected chi connectivity index (χ3v) is 3.50. The molecular formula is C17H22N2O3. The Morgan fingerprint density at radius 1 is 1.27 bits per heavy atom. The first kappa shape index (κ1) is 16.1. The fourth-order valence-corrected chi connectivity index (χ4v) is 2.05. The van der Waals surface area contributed by atoms with Crippen LogP contribution in [0.2, 0.25) is 0 Å². The normalized spacial score (nSPS) is 10.5. The summed E-state index contributed by atoms with van der Waals surface area (Å²) < 4.78 is 10.8. The van der Waals surface area contributed by atoms with E-state index in [0.717, 1.165) is 29.9 Å². The number of aromatic nitrogens is 1. The Labute approximate surface area is 130 Å². The molecule has 2 rings (SSSR count). The average Bonchev–Trinajstić information content (AvgIpc) is 2.84. The number of benzene rings is 1. The van der Waals surface area contributed by atoms with Crippen molar-refractivity contribution in [3.05, 3.63) is 46.8 Å². The minimum atomic E-state index is -0.0503. The van der Waals surface area contributed by atoms with Gasteiger partial charge < -0.3 is 14.6 Å². The van der Waals surface area contributed by atoms with Crippen molar-refractivity contribution < 1.29 is 14.1 Å². The smallest absolute Gasteiger partial charge is 0.251 e. The number of carbonyl (C=O) groups is 1. The van der Waals surface area contributed by atoms with E-state index in [4.69, 9.17) is 9.26 Å². The van der Waals surface area contributed by atoms with Crippen LogP contribution in [0.5, 0.6) is 5.75 Å². The number of aryl methyl sites for hydroxylation is 2. The number of nitrogens with zero attached hydrogens (tertiary/aromatic N) is 1. The molecule has 0 unspecified atom stereocenters. The molecule has 0 saturated carbocycles. The molecule has 1 heterocycles. The van der Waals surface area contributed by atoms with Gasteiger partial charge in [0.05, 0.1) is 11.3 Å². The predicted octanol–water partition coefficient (Wildman–Crippen LogP) is 3.40. The molecule has 0 spiro atoms. The van der Waals surface area contributed by atoms with Gasteiger partial charge in [0.15, 0.2) is 0 Å². The number of unbranched alkanes of at least 4 members (excludes halogenated alkanes) is 1. The lowest BCUT2D eigenvalue weighted by Crippen LogP contribution is -2.24. The first-order valence-corrected chi connectivity index (χ1v) is 7.54. The molecule has 0 aliphatic carbocycles. The fraction of sp³-hybridized carbons (Fsp3) is 0.412. The Kier molecular flexibility index (Phi) is 5.58. The Balaban J connectivity index is 1.90. The highest BCUT2D eigenvalue weighted by atomic mass is 16.5. The number of nitrogens with one attached hydrogen (secondary N) is 1. The maximum absolute atomic E-state index is 11.9. The standard InChI is InChI=1S/C17H22N2O3/c1-4-5-10-18-17(20)14-6-8-15(9-7-14)21-11-16-12(2)19-22-13(16)3/h6-9H,4-5,10-11H2,1-3H3,(H,18,20). The highest BCUT2D eigenvalue weighted by Crippen LogP contribution is 2.17. The van der Waals surface area contributed by atoms with Crippen LogP contribution in [0.25, 0.3) is 0 Å². The van der Waals surface area contributed by atoms with Gasteiger partial charge in [-0.05, 0) is 44.5 Å². The van der Waals surface area contributed by atoms with Crippen LogP contribution >= 0.6 is 0 Å². The molecule has 0 bridgehead atoms. The Morgan fingerprint density at radius 3 is 2.59 bits per heavy atom. The van der Waals surface area contributed by atoms with Crippen LogP contribution < -0.4 is 10.1 Å². The molecule has 1 aromatic heterocycles. The molecule has 1 aromatic carbocycles. The summed E-state index contributed by atoms with van der Waals surface area (Å²) in [6.07, 6.45) is 2.05. The number of hydrogen-bond acceptors (Lipinski definition) is 4. The van der Waals surface area contributed by atoms with Gasteiger partial charge in [0, 0.05) is 12.1 Å². The van der Waals surface area contributed by atoms with E-state index in [0.29, 0.717) is 24.5 Å². The zero-order valence-electron chi connectivity index (χ0n) is 13.3. The third-order valence-electron chi connectivity index (χ3n) is 3.50. The lowest BCUT2D eigenvalue weighted by molar-refractivity contribution is 0.0953. The molecule has 5 heteroatoms. The van der Waals surface area contributed by atoms with E-state index in [1.165, 1.54) is 0 Å². The van der Waals surface area contributed by atoms with E-state index in [2.05, 4.69) is 17.4 Å². The summed E-state index contributed by atoms with van der Waals surface area (Å²) in [4.78, 5) is 11.9. The Bertz CT molecular complexity index is 598. The van der Waals surface area contributed by atoms with Crippen molar-refractivity contribution in [3.8, 4) is 5.75 Å². The van der Waals surface area contributed by atoms with Crippen molar-refractivity contribution in [3.63, 3.8) is 0 Å². The van der Waals surface area contributed by atoms with Gasteiger partial charge in [-0.25, -0.2) is 0 Å². The summed E-state index contributed by atoms with van der Waals surface area (Å²) >= 11 is 0. The predicted molar refractivity (Wildman–Crippen MR) is 84.0 cm³/mol. The van der Waals surface area contributed by atoms with Crippen LogP contribution in [-0.2, 0) is 6.61 Å². The van der Waals surface area contributed by atoms with Crippen LogP contribution in [0, 0.1) is 13.8 Å². The van der Waals surface area contributed by atoms with Crippen molar-refractivity contribution in [2.45, 2.75) is 40.2 Å². The molecule has 1 N–H and O–H groups in total. The van der Waals surface area contributed by atoms with Crippen molar-refractivity contribution in [2.75, 3.05) is 6.54 Å². The Morgan fingerprint density at radius 2 is 2.00 bits per heavy atom. The topological polar surface area (TPSA) is 64.4 Å². The van der Waals surface area contributed by atoms with E-state index in [-0.39, 0.29) is 5.91 Å². The number of amides is 1. The van der Waals surface area contributed by atoms with Gasteiger partial charge in [0.2, 0.25) is 0 Å². The molecule has 0 atom stereocenters. The first-order valence-electron chi connectivity index (χ1n) is 7.54. The van der Waals surface area contributed by atoms with E-state index in [1.807, 2.05) is 13.8 Å². The number of ether oxygens (including phenoxy) is 1. The lowest BCUT2D eigenvalue weighted by atomic mass is 10.2. The van der Waals surface area contributed by atoms with Gasteiger partial charge in [-0.1, -0.05) is 18.5 Å². The van der Waals surface area contributed by atoms with Crippen molar-refractivity contribution in [2.24, 2.45) is 0 Å². The summed E-state index contributed by atoms with van der Waals surface area (Å²) in [7, 11) is 0. The highest BCUT2D eigenvalue weighted by Gasteiger charge is 2.10. The monoisotopic (exact) mass is 302 g/mol. The molecule has 0 aliphatic rings. The molecule has 0 saturated heterocycles. The second-order valence-corrected chi connectivity index (χ2v) is 5.23. The van der Waals surface area contributed by atoms with Gasteiger partial charge in [-0.3, -0.25) is 4.79 Å². The first-order chi connectivity index (χ1) is 10.6. The summed E-state index contributed by atoms with van der Waals surface area (Å²) in [6, 6.07) is 7.13. The van der Waals surface area contributed by atoms with Crippen LogP contribution in [-0.4, -0.2) is 17.6 Å². The minimum absolute atomic E-state index is 0.0503. The molecule has 0 fully saturated rings. The quantitative estimate of drug-likeness (QED) is 0.796. The van der Waals surface area contributed by atoms with Gasteiger partial charge >= 0.3 is 0 Å². The van der Waals surface area contributed by atoms with E-state index in [9.17, 15) is 4.79 Å². The van der Waals surface area contributed by atoms with Crippen LogP contribution in [0.1, 0.15) is 47.1 Å². The maximum Gasteiger partial charge on any atom is 0.251 e. The molecule has 118 valence electrons. The molecule has 1 amide bonds. The summed E-state index contributed by atoms with van der Waals surface area (Å²) in [6.45, 7) is 6.96. The maximum atomic E-state index is 11.9. The zero-order chi connectivity index (χ0) is 15.9. The molecule has 0 aliphatic heterocycles. The van der Waals surface area contributed by atoms with Gasteiger partial charge in [0.1, 0.15) is 18.1 Å². The van der Waals surface area contributed by atoms with Crippen molar-refractivity contribution in [1.29, 1.82) is 0 Å². The van der Waals surface area contributed by atoms with Crippen LogP contribution in [0.4, 0.5) is 0 Å². The third kappa shape index (κ3) is 4.10. The van der Waals surface area contributed by atoms with E-state index in [1.54, 1.807) is 24.3 Å². The molecule has 2 aromatic rings.